The monoisotopic (exact) mass is 229 g/mol. The Labute approximate surface area is 80.9 Å². The second-order valence-electron chi connectivity index (χ2n) is 3.01. The molecule has 3 heteroatoms. The minimum absolute atomic E-state index is 0.296. The highest BCUT2D eigenvalue weighted by molar-refractivity contribution is 9.10. The van der Waals surface area contributed by atoms with Crippen molar-refractivity contribution in [1.29, 1.82) is 0 Å². The van der Waals surface area contributed by atoms with Crippen molar-refractivity contribution in [1.82, 2.24) is 4.90 Å². The number of phenolic OH excluding ortho intramolecular Hbond substituents is 1. The van der Waals surface area contributed by atoms with E-state index in [-0.39, 0.29) is 0 Å². The van der Waals surface area contributed by atoms with Crippen molar-refractivity contribution >= 4 is 15.9 Å². The molecular weight excluding hydrogens is 218 g/mol. The minimum atomic E-state index is 0.296. The number of benzene rings is 1. The Bertz CT molecular complexity index is 273. The molecule has 0 amide bonds. The summed E-state index contributed by atoms with van der Waals surface area (Å²) in [6, 6.07) is 5.32. The molecule has 0 atom stereocenters. The van der Waals surface area contributed by atoms with E-state index in [4.69, 9.17) is 5.11 Å². The Morgan fingerprint density at radius 2 is 2.08 bits per heavy atom. The van der Waals surface area contributed by atoms with Gasteiger partial charge in [0.05, 0.1) is 0 Å². The van der Waals surface area contributed by atoms with Crippen LogP contribution in [0, 0.1) is 0 Å². The van der Waals surface area contributed by atoms with Crippen molar-refractivity contribution in [2.24, 2.45) is 0 Å². The van der Waals surface area contributed by atoms with Crippen LogP contribution in [0.4, 0.5) is 0 Å². The summed E-state index contributed by atoms with van der Waals surface area (Å²) in [6.07, 6.45) is 0. The molecule has 0 spiro atoms. The van der Waals surface area contributed by atoms with Crippen LogP contribution in [0.3, 0.4) is 0 Å². The van der Waals surface area contributed by atoms with E-state index < -0.39 is 0 Å². The van der Waals surface area contributed by atoms with Crippen LogP contribution < -0.4 is 0 Å². The molecule has 2 nitrogen and oxygen atoms in total. The molecule has 0 radical (unpaired) electrons. The van der Waals surface area contributed by atoms with Crippen molar-refractivity contribution in [3.05, 3.63) is 28.2 Å². The normalized spacial score (nSPS) is 10.7. The average Bonchev–Trinajstić information content (AvgIpc) is 1.94. The molecule has 12 heavy (non-hydrogen) atoms. The molecule has 1 aromatic carbocycles. The van der Waals surface area contributed by atoms with Crippen LogP contribution in [0.15, 0.2) is 22.7 Å². The van der Waals surface area contributed by atoms with Gasteiger partial charge >= 0.3 is 0 Å². The van der Waals surface area contributed by atoms with Gasteiger partial charge in [-0.1, -0.05) is 22.0 Å². The summed E-state index contributed by atoms with van der Waals surface area (Å²) in [5.74, 6) is 0.296. The van der Waals surface area contributed by atoms with E-state index in [9.17, 15) is 0 Å². The van der Waals surface area contributed by atoms with Gasteiger partial charge in [0.1, 0.15) is 5.75 Å². The second-order valence-corrected chi connectivity index (χ2v) is 3.87. The number of hydrogen-bond acceptors (Lipinski definition) is 2. The van der Waals surface area contributed by atoms with E-state index in [1.165, 1.54) is 5.56 Å². The summed E-state index contributed by atoms with van der Waals surface area (Å²) in [5, 5.41) is 9.13. The number of rotatable bonds is 2. The summed E-state index contributed by atoms with van der Waals surface area (Å²) < 4.78 is 0.955. The van der Waals surface area contributed by atoms with E-state index in [0.717, 1.165) is 11.0 Å². The number of hydrogen-bond donors (Lipinski definition) is 1. The smallest absolute Gasteiger partial charge is 0.116 e. The zero-order chi connectivity index (χ0) is 9.14. The van der Waals surface area contributed by atoms with Crippen LogP contribution in [0.2, 0.25) is 0 Å². The van der Waals surface area contributed by atoms with E-state index in [1.54, 1.807) is 12.1 Å². The van der Waals surface area contributed by atoms with E-state index in [1.807, 2.05) is 20.2 Å². The lowest BCUT2D eigenvalue weighted by Gasteiger charge is -2.11. The van der Waals surface area contributed by atoms with Crippen LogP contribution in [-0.2, 0) is 6.54 Å². The fourth-order valence-electron chi connectivity index (χ4n) is 1.01. The van der Waals surface area contributed by atoms with Crippen LogP contribution in [0.1, 0.15) is 5.56 Å². The van der Waals surface area contributed by atoms with Crippen LogP contribution in [0.25, 0.3) is 0 Å². The first-order valence-corrected chi connectivity index (χ1v) is 4.51. The van der Waals surface area contributed by atoms with Gasteiger partial charge in [-0.3, -0.25) is 0 Å². The predicted molar refractivity (Wildman–Crippen MR) is 53.2 cm³/mol. The SMILES string of the molecule is CN(C)Cc1ccc(O)cc1Br. The van der Waals surface area contributed by atoms with Crippen molar-refractivity contribution < 1.29 is 5.11 Å². The van der Waals surface area contributed by atoms with Gasteiger partial charge in [0, 0.05) is 11.0 Å². The van der Waals surface area contributed by atoms with Gasteiger partial charge in [0.15, 0.2) is 0 Å². The summed E-state index contributed by atoms with van der Waals surface area (Å²) in [7, 11) is 4.03. The zero-order valence-corrected chi connectivity index (χ0v) is 8.80. The summed E-state index contributed by atoms with van der Waals surface area (Å²) in [5.41, 5.74) is 1.18. The lowest BCUT2D eigenvalue weighted by atomic mass is 10.2. The summed E-state index contributed by atoms with van der Waals surface area (Å²) in [4.78, 5) is 2.08. The molecule has 1 N–H and O–H groups in total. The largest absolute Gasteiger partial charge is 0.508 e. The van der Waals surface area contributed by atoms with Gasteiger partial charge in [-0.05, 0) is 31.8 Å². The van der Waals surface area contributed by atoms with Gasteiger partial charge in [0.2, 0.25) is 0 Å². The predicted octanol–water partition coefficient (Wildman–Crippen LogP) is 2.22. The highest BCUT2D eigenvalue weighted by Gasteiger charge is 2.01. The second kappa shape index (κ2) is 3.92. The molecule has 0 bridgehead atoms. The lowest BCUT2D eigenvalue weighted by Crippen LogP contribution is -2.10. The molecule has 1 rings (SSSR count). The molecule has 0 aliphatic heterocycles. The summed E-state index contributed by atoms with van der Waals surface area (Å²) in [6.45, 7) is 0.876. The Hall–Kier alpha value is -0.540. The standard InChI is InChI=1S/C9H12BrNO/c1-11(2)6-7-3-4-8(12)5-9(7)10/h3-5,12H,6H2,1-2H3. The minimum Gasteiger partial charge on any atom is -0.508 e. The van der Waals surface area contributed by atoms with Gasteiger partial charge < -0.3 is 10.0 Å². The van der Waals surface area contributed by atoms with Gasteiger partial charge in [-0.25, -0.2) is 0 Å². The topological polar surface area (TPSA) is 23.5 Å². The molecule has 0 saturated carbocycles. The molecule has 0 heterocycles. The Morgan fingerprint density at radius 3 is 2.58 bits per heavy atom. The third kappa shape index (κ3) is 2.50. The zero-order valence-electron chi connectivity index (χ0n) is 7.21. The Balaban J connectivity index is 2.86. The maximum atomic E-state index is 9.13. The highest BCUT2D eigenvalue weighted by Crippen LogP contribution is 2.22. The molecule has 0 fully saturated rings. The van der Waals surface area contributed by atoms with Gasteiger partial charge in [-0.2, -0.15) is 0 Å². The number of phenols is 1. The van der Waals surface area contributed by atoms with Crippen molar-refractivity contribution in [2.75, 3.05) is 14.1 Å². The Morgan fingerprint density at radius 1 is 1.42 bits per heavy atom. The lowest BCUT2D eigenvalue weighted by molar-refractivity contribution is 0.401. The molecule has 0 saturated heterocycles. The van der Waals surface area contributed by atoms with Gasteiger partial charge in [-0.15, -0.1) is 0 Å². The van der Waals surface area contributed by atoms with E-state index >= 15 is 0 Å². The number of aromatic hydroxyl groups is 1. The van der Waals surface area contributed by atoms with Crippen LogP contribution in [-0.4, -0.2) is 24.1 Å². The maximum Gasteiger partial charge on any atom is 0.116 e. The van der Waals surface area contributed by atoms with Crippen molar-refractivity contribution in [3.63, 3.8) is 0 Å². The molecular formula is C9H12BrNO. The fraction of sp³-hybridized carbons (Fsp3) is 0.333. The first-order valence-electron chi connectivity index (χ1n) is 3.71. The molecule has 1 aromatic rings. The van der Waals surface area contributed by atoms with Crippen molar-refractivity contribution in [2.45, 2.75) is 6.54 Å². The molecule has 0 aliphatic rings. The van der Waals surface area contributed by atoms with Crippen molar-refractivity contribution in [3.8, 4) is 5.75 Å². The van der Waals surface area contributed by atoms with E-state index in [2.05, 4.69) is 20.8 Å². The van der Waals surface area contributed by atoms with E-state index in [0.29, 0.717) is 5.75 Å². The third-order valence-corrected chi connectivity index (χ3v) is 2.26. The van der Waals surface area contributed by atoms with Crippen LogP contribution >= 0.6 is 15.9 Å². The quantitative estimate of drug-likeness (QED) is 0.841. The fourth-order valence-corrected chi connectivity index (χ4v) is 1.50. The summed E-state index contributed by atoms with van der Waals surface area (Å²) >= 11 is 3.39. The molecule has 66 valence electrons. The molecule has 0 aromatic heterocycles. The average molecular weight is 230 g/mol. The molecule has 0 aliphatic carbocycles. The maximum absolute atomic E-state index is 9.13. The molecule has 0 unspecified atom stereocenters. The third-order valence-electron chi connectivity index (χ3n) is 1.52. The Kier molecular flexibility index (Phi) is 3.12. The number of halogens is 1. The van der Waals surface area contributed by atoms with Gasteiger partial charge in [0.25, 0.3) is 0 Å². The highest BCUT2D eigenvalue weighted by atomic mass is 79.9. The van der Waals surface area contributed by atoms with Crippen LogP contribution in [0.5, 0.6) is 5.75 Å². The number of nitrogens with zero attached hydrogens (tertiary/aromatic N) is 1. The first-order chi connectivity index (χ1) is 5.59. The first kappa shape index (κ1) is 9.55.